The summed E-state index contributed by atoms with van der Waals surface area (Å²) in [4.78, 5) is 12.4. The van der Waals surface area contributed by atoms with Crippen LogP contribution in [0.3, 0.4) is 0 Å². The van der Waals surface area contributed by atoms with Gasteiger partial charge < -0.3 is 9.88 Å². The van der Waals surface area contributed by atoms with Crippen LogP contribution in [0.1, 0.15) is 38.2 Å². The van der Waals surface area contributed by atoms with Crippen molar-refractivity contribution in [2.45, 2.75) is 56.0 Å². The summed E-state index contributed by atoms with van der Waals surface area (Å²) in [6.07, 6.45) is 4.64. The third kappa shape index (κ3) is 3.64. The van der Waals surface area contributed by atoms with Gasteiger partial charge in [0.1, 0.15) is 0 Å². The predicted molar refractivity (Wildman–Crippen MR) is 96.9 cm³/mol. The topological polar surface area (TPSA) is 59.8 Å². The number of rotatable bonds is 5. The molecule has 1 aliphatic rings. The van der Waals surface area contributed by atoms with E-state index < -0.39 is 0 Å². The van der Waals surface area contributed by atoms with Gasteiger partial charge in [-0.1, -0.05) is 48.9 Å². The molecule has 24 heavy (non-hydrogen) atoms. The summed E-state index contributed by atoms with van der Waals surface area (Å²) in [6.45, 7) is 3.99. The summed E-state index contributed by atoms with van der Waals surface area (Å²) in [5.74, 6) is 0.923. The van der Waals surface area contributed by atoms with Crippen LogP contribution in [0.4, 0.5) is 0 Å². The van der Waals surface area contributed by atoms with E-state index in [2.05, 4.69) is 28.5 Å². The van der Waals surface area contributed by atoms with Gasteiger partial charge in [-0.25, -0.2) is 0 Å². The maximum Gasteiger partial charge on any atom is 0.233 e. The average molecular weight is 344 g/mol. The SMILES string of the molecule is Cc1ccccc1-c1nnc(S[C@H](C)C(=O)NC2CCCC2)n1C. The Bertz CT molecular complexity index is 722. The summed E-state index contributed by atoms with van der Waals surface area (Å²) in [7, 11) is 1.95. The largest absolute Gasteiger partial charge is 0.352 e. The van der Waals surface area contributed by atoms with Gasteiger partial charge in [0, 0.05) is 18.7 Å². The number of hydrogen-bond acceptors (Lipinski definition) is 4. The van der Waals surface area contributed by atoms with Crippen LogP contribution < -0.4 is 5.32 Å². The van der Waals surface area contributed by atoms with Gasteiger partial charge in [0.05, 0.1) is 5.25 Å². The van der Waals surface area contributed by atoms with Crippen molar-refractivity contribution in [3.05, 3.63) is 29.8 Å². The molecular weight excluding hydrogens is 320 g/mol. The Balaban J connectivity index is 1.69. The van der Waals surface area contributed by atoms with E-state index in [0.29, 0.717) is 6.04 Å². The maximum atomic E-state index is 12.4. The molecule has 1 heterocycles. The lowest BCUT2D eigenvalue weighted by Crippen LogP contribution is -2.37. The Morgan fingerprint density at radius 3 is 2.71 bits per heavy atom. The van der Waals surface area contributed by atoms with Crippen LogP contribution in [0.5, 0.6) is 0 Å². The predicted octanol–water partition coefficient (Wildman–Crippen LogP) is 3.33. The molecule has 2 aromatic rings. The van der Waals surface area contributed by atoms with Crippen molar-refractivity contribution < 1.29 is 4.79 Å². The maximum absolute atomic E-state index is 12.4. The molecule has 6 heteroatoms. The van der Waals surface area contributed by atoms with E-state index in [1.165, 1.54) is 24.6 Å². The lowest BCUT2D eigenvalue weighted by Gasteiger charge is -2.16. The lowest BCUT2D eigenvalue weighted by atomic mass is 10.1. The van der Waals surface area contributed by atoms with Gasteiger partial charge in [-0.3, -0.25) is 4.79 Å². The van der Waals surface area contributed by atoms with Gasteiger partial charge >= 0.3 is 0 Å². The molecule has 1 N–H and O–H groups in total. The van der Waals surface area contributed by atoms with Crippen molar-refractivity contribution in [2.75, 3.05) is 0 Å². The minimum atomic E-state index is -0.182. The first kappa shape index (κ1) is 17.0. The Labute approximate surface area is 147 Å². The van der Waals surface area contributed by atoms with Gasteiger partial charge in [0.15, 0.2) is 11.0 Å². The van der Waals surface area contributed by atoms with E-state index in [0.717, 1.165) is 34.9 Å². The quantitative estimate of drug-likeness (QED) is 0.845. The van der Waals surface area contributed by atoms with E-state index in [1.54, 1.807) is 0 Å². The van der Waals surface area contributed by atoms with Gasteiger partial charge in [-0.05, 0) is 32.3 Å². The molecule has 128 valence electrons. The third-order valence-corrected chi connectivity index (χ3v) is 5.71. The normalized spacial score (nSPS) is 16.3. The number of amides is 1. The summed E-state index contributed by atoms with van der Waals surface area (Å²) in [5, 5.41) is 12.3. The highest BCUT2D eigenvalue weighted by molar-refractivity contribution is 8.00. The molecule has 1 saturated carbocycles. The first-order valence-electron chi connectivity index (χ1n) is 8.48. The number of benzene rings is 1. The molecule has 0 spiro atoms. The first-order valence-corrected chi connectivity index (χ1v) is 9.36. The molecule has 1 fully saturated rings. The van der Waals surface area contributed by atoms with Gasteiger partial charge in [-0.2, -0.15) is 0 Å². The number of carbonyl (C=O) groups excluding carboxylic acids is 1. The van der Waals surface area contributed by atoms with E-state index in [4.69, 9.17) is 0 Å². The van der Waals surface area contributed by atoms with Gasteiger partial charge in [0.25, 0.3) is 0 Å². The minimum Gasteiger partial charge on any atom is -0.352 e. The molecule has 0 radical (unpaired) electrons. The van der Waals surface area contributed by atoms with Crippen LogP contribution in [0, 0.1) is 6.92 Å². The molecule has 0 bridgehead atoms. The zero-order valence-electron chi connectivity index (χ0n) is 14.5. The fourth-order valence-electron chi connectivity index (χ4n) is 3.08. The number of nitrogens with zero attached hydrogens (tertiary/aromatic N) is 3. The molecule has 1 aromatic carbocycles. The fraction of sp³-hybridized carbons (Fsp3) is 0.500. The number of thioether (sulfide) groups is 1. The van der Waals surface area contributed by atoms with Crippen LogP contribution in [0.25, 0.3) is 11.4 Å². The molecule has 0 unspecified atom stereocenters. The first-order chi connectivity index (χ1) is 11.6. The molecule has 0 aliphatic heterocycles. The second-order valence-electron chi connectivity index (χ2n) is 6.43. The van der Waals surface area contributed by atoms with E-state index in [9.17, 15) is 4.79 Å². The van der Waals surface area contributed by atoms with Gasteiger partial charge in [-0.15, -0.1) is 10.2 Å². The summed E-state index contributed by atoms with van der Waals surface area (Å²) < 4.78 is 1.96. The molecule has 1 aliphatic carbocycles. The van der Waals surface area contributed by atoms with Crippen molar-refractivity contribution >= 4 is 17.7 Å². The van der Waals surface area contributed by atoms with Gasteiger partial charge in [0.2, 0.25) is 5.91 Å². The van der Waals surface area contributed by atoms with Crippen LogP contribution in [-0.2, 0) is 11.8 Å². The lowest BCUT2D eigenvalue weighted by molar-refractivity contribution is -0.120. The van der Waals surface area contributed by atoms with E-state index in [-0.39, 0.29) is 11.2 Å². The Hall–Kier alpha value is -1.82. The summed E-state index contributed by atoms with van der Waals surface area (Å²) in [5.41, 5.74) is 2.24. The third-order valence-electron chi connectivity index (χ3n) is 4.57. The highest BCUT2D eigenvalue weighted by Gasteiger charge is 2.23. The average Bonchev–Trinajstić information content (AvgIpc) is 3.19. The number of hydrogen-bond donors (Lipinski definition) is 1. The van der Waals surface area contributed by atoms with Crippen molar-refractivity contribution in [3.63, 3.8) is 0 Å². The van der Waals surface area contributed by atoms with Crippen molar-refractivity contribution in [2.24, 2.45) is 7.05 Å². The zero-order chi connectivity index (χ0) is 17.1. The molecule has 1 amide bonds. The number of aryl methyl sites for hydroxylation is 1. The molecule has 0 saturated heterocycles. The number of aromatic nitrogens is 3. The molecule has 5 nitrogen and oxygen atoms in total. The van der Waals surface area contributed by atoms with E-state index in [1.807, 2.05) is 36.7 Å². The second kappa shape index (κ2) is 7.38. The van der Waals surface area contributed by atoms with Crippen molar-refractivity contribution in [1.82, 2.24) is 20.1 Å². The van der Waals surface area contributed by atoms with Crippen molar-refractivity contribution in [1.29, 1.82) is 0 Å². The van der Waals surface area contributed by atoms with Crippen molar-refractivity contribution in [3.8, 4) is 11.4 Å². The zero-order valence-corrected chi connectivity index (χ0v) is 15.3. The van der Waals surface area contributed by atoms with Crippen LogP contribution in [-0.4, -0.2) is 32.0 Å². The van der Waals surface area contributed by atoms with Crippen LogP contribution >= 0.6 is 11.8 Å². The number of nitrogens with one attached hydrogen (secondary N) is 1. The highest BCUT2D eigenvalue weighted by Crippen LogP contribution is 2.27. The summed E-state index contributed by atoms with van der Waals surface area (Å²) in [6, 6.07) is 8.47. The van der Waals surface area contributed by atoms with E-state index >= 15 is 0 Å². The Kier molecular flexibility index (Phi) is 5.23. The highest BCUT2D eigenvalue weighted by atomic mass is 32.2. The fourth-order valence-corrected chi connectivity index (χ4v) is 3.90. The Morgan fingerprint density at radius 2 is 2.00 bits per heavy atom. The molecule has 1 atom stereocenters. The molecule has 1 aromatic heterocycles. The minimum absolute atomic E-state index is 0.0901. The van der Waals surface area contributed by atoms with Crippen LogP contribution in [0.15, 0.2) is 29.4 Å². The standard InChI is InChI=1S/C18H24N4OS/c1-12-8-4-7-11-15(12)16-20-21-18(22(16)3)24-13(2)17(23)19-14-9-5-6-10-14/h4,7-8,11,13-14H,5-6,9-10H2,1-3H3,(H,19,23)/t13-/m1/s1. The Morgan fingerprint density at radius 1 is 1.29 bits per heavy atom. The molecular formula is C18H24N4OS. The monoisotopic (exact) mass is 344 g/mol. The van der Waals surface area contributed by atoms with Crippen LogP contribution in [0.2, 0.25) is 0 Å². The molecule has 3 rings (SSSR count). The summed E-state index contributed by atoms with van der Waals surface area (Å²) >= 11 is 1.46. The smallest absolute Gasteiger partial charge is 0.233 e. The second-order valence-corrected chi connectivity index (χ2v) is 7.74. The number of carbonyl (C=O) groups is 1.